The molecule has 0 unspecified atom stereocenters. The maximum absolute atomic E-state index is 5.14. The van der Waals surface area contributed by atoms with Crippen LogP contribution in [-0.4, -0.2) is 15.0 Å². The predicted octanol–water partition coefficient (Wildman–Crippen LogP) is 14.5. The molecule has 3 nitrogen and oxygen atoms in total. The Kier molecular flexibility index (Phi) is 8.15. The van der Waals surface area contributed by atoms with Crippen molar-refractivity contribution in [3.8, 4) is 67.5 Å². The van der Waals surface area contributed by atoms with Gasteiger partial charge in [-0.2, -0.15) is 0 Å². The lowest BCUT2D eigenvalue weighted by Crippen LogP contribution is -2.00. The summed E-state index contributed by atoms with van der Waals surface area (Å²) in [6.45, 7) is 0. The Bertz CT molecular complexity index is 3190. The molecule has 0 amide bonds. The Balaban J connectivity index is 0.992. The topological polar surface area (TPSA) is 38.7 Å². The highest BCUT2D eigenvalue weighted by Gasteiger charge is 2.14. The van der Waals surface area contributed by atoms with Crippen LogP contribution in [0.15, 0.2) is 212 Å². The van der Waals surface area contributed by atoms with E-state index in [2.05, 4.69) is 212 Å². The maximum atomic E-state index is 5.14. The van der Waals surface area contributed by atoms with Gasteiger partial charge < -0.3 is 0 Å². The lowest BCUT2D eigenvalue weighted by Gasteiger charge is -2.11. The Morgan fingerprint density at radius 2 is 0.414 bits per heavy atom. The van der Waals surface area contributed by atoms with E-state index < -0.39 is 0 Å². The summed E-state index contributed by atoms with van der Waals surface area (Å²) in [5.74, 6) is 1.90. The van der Waals surface area contributed by atoms with Crippen LogP contribution < -0.4 is 0 Å². The molecule has 11 aromatic rings. The van der Waals surface area contributed by atoms with E-state index in [9.17, 15) is 0 Å². The molecule has 0 fully saturated rings. The van der Waals surface area contributed by atoms with E-state index in [-0.39, 0.29) is 0 Å². The van der Waals surface area contributed by atoms with Gasteiger partial charge in [0.15, 0.2) is 17.5 Å². The lowest BCUT2D eigenvalue weighted by atomic mass is 9.97. The molecule has 0 radical (unpaired) electrons. The van der Waals surface area contributed by atoms with Crippen LogP contribution in [0.1, 0.15) is 0 Å². The standard InChI is InChI=1S/C55H35N3/c1-4-10-44-31-47(26-17-36(44)7-1)39-13-22-42(23-14-39)53-56-54(43-24-15-40(16-25-43)48-27-18-37-8-2-5-11-45(37)32-48)58-55(57-53)51-30-21-41-20-29-50(34-52(41)35-51)49-28-19-38-9-3-6-12-46(38)33-49/h1-35H. The molecular weight excluding hydrogens is 703 g/mol. The highest BCUT2D eigenvalue weighted by molar-refractivity contribution is 5.93. The summed E-state index contributed by atoms with van der Waals surface area (Å²) in [5, 5.41) is 9.68. The minimum absolute atomic E-state index is 0.633. The fraction of sp³-hybridized carbons (Fsp3) is 0. The normalized spacial score (nSPS) is 11.4. The smallest absolute Gasteiger partial charge is 0.164 e. The van der Waals surface area contributed by atoms with Gasteiger partial charge in [-0.05, 0) is 107 Å². The molecule has 0 aliphatic rings. The Hall–Kier alpha value is -7.75. The van der Waals surface area contributed by atoms with Gasteiger partial charge >= 0.3 is 0 Å². The fourth-order valence-electron chi connectivity index (χ4n) is 8.06. The van der Waals surface area contributed by atoms with E-state index in [1.54, 1.807) is 0 Å². The zero-order valence-corrected chi connectivity index (χ0v) is 31.5. The molecule has 1 heterocycles. The highest BCUT2D eigenvalue weighted by Crippen LogP contribution is 2.33. The van der Waals surface area contributed by atoms with Gasteiger partial charge in [-0.25, -0.2) is 15.0 Å². The molecule has 0 saturated carbocycles. The van der Waals surface area contributed by atoms with Crippen LogP contribution in [-0.2, 0) is 0 Å². The SMILES string of the molecule is c1ccc2cc(-c3ccc(-c4nc(-c5ccc(-c6ccc7ccccc7c6)cc5)nc(-c5ccc6ccc(-c7ccc8ccccc8c7)cc6c5)n4)cc3)ccc2c1. The van der Waals surface area contributed by atoms with Crippen molar-refractivity contribution in [1.29, 1.82) is 0 Å². The molecule has 0 bridgehead atoms. The van der Waals surface area contributed by atoms with E-state index in [1.165, 1.54) is 54.6 Å². The van der Waals surface area contributed by atoms with Crippen LogP contribution >= 0.6 is 0 Å². The van der Waals surface area contributed by atoms with Gasteiger partial charge in [-0.15, -0.1) is 0 Å². The predicted molar refractivity (Wildman–Crippen MR) is 242 cm³/mol. The van der Waals surface area contributed by atoms with Gasteiger partial charge in [-0.3, -0.25) is 0 Å². The molecule has 10 aromatic carbocycles. The van der Waals surface area contributed by atoms with E-state index in [4.69, 9.17) is 15.0 Å². The van der Waals surface area contributed by atoms with Crippen LogP contribution in [0.2, 0.25) is 0 Å². The zero-order valence-electron chi connectivity index (χ0n) is 31.5. The van der Waals surface area contributed by atoms with Gasteiger partial charge in [-0.1, -0.05) is 182 Å². The van der Waals surface area contributed by atoms with Crippen molar-refractivity contribution in [2.45, 2.75) is 0 Å². The van der Waals surface area contributed by atoms with E-state index in [0.717, 1.165) is 38.6 Å². The quantitative estimate of drug-likeness (QED) is 0.171. The second-order valence-electron chi connectivity index (χ2n) is 14.9. The second-order valence-corrected chi connectivity index (χ2v) is 14.9. The van der Waals surface area contributed by atoms with Crippen molar-refractivity contribution >= 4 is 43.1 Å². The molecule has 3 heteroatoms. The minimum Gasteiger partial charge on any atom is -0.208 e. The summed E-state index contributed by atoms with van der Waals surface area (Å²) >= 11 is 0. The minimum atomic E-state index is 0.633. The molecule has 11 rings (SSSR count). The Morgan fingerprint density at radius 1 is 0.172 bits per heavy atom. The molecule has 0 N–H and O–H groups in total. The molecule has 58 heavy (non-hydrogen) atoms. The number of fused-ring (bicyclic) bond motifs is 4. The van der Waals surface area contributed by atoms with Crippen LogP contribution in [0.25, 0.3) is 111 Å². The van der Waals surface area contributed by atoms with Crippen molar-refractivity contribution in [3.05, 3.63) is 212 Å². The molecule has 0 atom stereocenters. The zero-order chi connectivity index (χ0) is 38.4. The lowest BCUT2D eigenvalue weighted by molar-refractivity contribution is 1.07. The third-order valence-corrected chi connectivity index (χ3v) is 11.3. The first-order valence-electron chi connectivity index (χ1n) is 19.7. The number of nitrogens with zero attached hydrogens (tertiary/aromatic N) is 3. The number of hydrogen-bond acceptors (Lipinski definition) is 3. The molecule has 270 valence electrons. The summed E-state index contributed by atoms with van der Waals surface area (Å²) in [4.78, 5) is 15.4. The van der Waals surface area contributed by atoms with Crippen molar-refractivity contribution < 1.29 is 0 Å². The van der Waals surface area contributed by atoms with E-state index in [1.807, 2.05) is 0 Å². The van der Waals surface area contributed by atoms with E-state index in [0.29, 0.717) is 17.5 Å². The molecule has 0 aliphatic heterocycles. The average Bonchev–Trinajstić information content (AvgIpc) is 3.30. The fourth-order valence-corrected chi connectivity index (χ4v) is 8.06. The number of benzene rings is 10. The van der Waals surface area contributed by atoms with Crippen molar-refractivity contribution in [2.75, 3.05) is 0 Å². The second kappa shape index (κ2) is 14.1. The summed E-state index contributed by atoms with van der Waals surface area (Å²) < 4.78 is 0. The molecular formula is C55H35N3. The van der Waals surface area contributed by atoms with Crippen LogP contribution in [0, 0.1) is 0 Å². The third kappa shape index (κ3) is 6.35. The molecule has 1 aromatic heterocycles. The maximum Gasteiger partial charge on any atom is 0.164 e. The first-order chi connectivity index (χ1) is 28.7. The Labute approximate surface area is 336 Å². The summed E-state index contributed by atoms with van der Waals surface area (Å²) in [6, 6.07) is 75.6. The summed E-state index contributed by atoms with van der Waals surface area (Å²) in [6.07, 6.45) is 0. The van der Waals surface area contributed by atoms with Crippen LogP contribution in [0.3, 0.4) is 0 Å². The largest absolute Gasteiger partial charge is 0.208 e. The van der Waals surface area contributed by atoms with Crippen molar-refractivity contribution in [2.24, 2.45) is 0 Å². The number of rotatable bonds is 6. The monoisotopic (exact) mass is 737 g/mol. The summed E-state index contributed by atoms with van der Waals surface area (Å²) in [7, 11) is 0. The number of hydrogen-bond donors (Lipinski definition) is 0. The van der Waals surface area contributed by atoms with Gasteiger partial charge in [0.1, 0.15) is 0 Å². The van der Waals surface area contributed by atoms with Gasteiger partial charge in [0.05, 0.1) is 0 Å². The van der Waals surface area contributed by atoms with Crippen molar-refractivity contribution in [3.63, 3.8) is 0 Å². The first kappa shape index (κ1) is 33.6. The van der Waals surface area contributed by atoms with Gasteiger partial charge in [0.25, 0.3) is 0 Å². The molecule has 0 saturated heterocycles. The van der Waals surface area contributed by atoms with E-state index >= 15 is 0 Å². The molecule has 0 spiro atoms. The van der Waals surface area contributed by atoms with Crippen LogP contribution in [0.5, 0.6) is 0 Å². The van der Waals surface area contributed by atoms with Crippen LogP contribution in [0.4, 0.5) is 0 Å². The average molecular weight is 738 g/mol. The summed E-state index contributed by atoms with van der Waals surface area (Å²) in [5.41, 5.74) is 9.80. The first-order valence-corrected chi connectivity index (χ1v) is 19.7. The van der Waals surface area contributed by atoms with Gasteiger partial charge in [0.2, 0.25) is 0 Å². The Morgan fingerprint density at radius 3 is 0.810 bits per heavy atom. The van der Waals surface area contributed by atoms with Crippen molar-refractivity contribution in [1.82, 2.24) is 15.0 Å². The number of aromatic nitrogens is 3. The third-order valence-electron chi connectivity index (χ3n) is 11.3. The molecule has 0 aliphatic carbocycles. The van der Waals surface area contributed by atoms with Gasteiger partial charge in [0, 0.05) is 16.7 Å². The highest BCUT2D eigenvalue weighted by atomic mass is 15.0.